The van der Waals surface area contributed by atoms with Crippen LogP contribution in [0.5, 0.6) is 23.0 Å². The monoisotopic (exact) mass is 624 g/mol. The van der Waals surface area contributed by atoms with Gasteiger partial charge in [-0.1, -0.05) is 48.5 Å². The molecule has 2 N–H and O–H groups in total. The largest absolute Gasteiger partial charge is 0.489 e. The minimum atomic E-state index is -0.331. The lowest BCUT2D eigenvalue weighted by Crippen LogP contribution is -2.16. The Morgan fingerprint density at radius 1 is 0.413 bits per heavy atom. The van der Waals surface area contributed by atoms with Crippen LogP contribution in [0.2, 0.25) is 0 Å². The topological polar surface area (TPSA) is 114 Å². The number of rotatable bonds is 0. The molecule has 0 aliphatic carbocycles. The molecule has 0 aromatic heterocycles. The maximum Gasteiger partial charge on any atom is 0.259 e. The van der Waals surface area contributed by atoms with Gasteiger partial charge in [-0.3, -0.25) is 9.59 Å². The van der Waals surface area contributed by atoms with E-state index < -0.39 is 0 Å². The Kier molecular flexibility index (Phi) is 12.0. The summed E-state index contributed by atoms with van der Waals surface area (Å²) in [6, 6.07) is 28.5. The van der Waals surface area contributed by atoms with Crippen molar-refractivity contribution in [2.75, 3.05) is 63.5 Å². The average Bonchev–Trinajstić information content (AvgIpc) is 3.08. The highest BCUT2D eigenvalue weighted by atomic mass is 16.6. The molecular weight excluding hydrogens is 588 g/mol. The fraction of sp³-hybridized carbons (Fsp3) is 0.222. The lowest BCUT2D eigenvalue weighted by Gasteiger charge is -2.15. The van der Waals surface area contributed by atoms with E-state index in [0.29, 0.717) is 85.1 Å². The molecular formula is C36H36N2O8. The summed E-state index contributed by atoms with van der Waals surface area (Å²) < 4.78 is 34.9. The second-order valence-corrected chi connectivity index (χ2v) is 9.91. The molecule has 2 amide bonds. The van der Waals surface area contributed by atoms with Crippen LogP contribution in [0.3, 0.4) is 0 Å². The Bertz CT molecular complexity index is 1500. The van der Waals surface area contributed by atoms with Crippen LogP contribution in [-0.4, -0.2) is 64.7 Å². The van der Waals surface area contributed by atoms with Crippen molar-refractivity contribution in [3.63, 3.8) is 0 Å². The van der Waals surface area contributed by atoms with E-state index in [2.05, 4.69) is 10.6 Å². The number of anilines is 2. The maximum absolute atomic E-state index is 13.2. The van der Waals surface area contributed by atoms with Crippen molar-refractivity contribution in [1.29, 1.82) is 0 Å². The Morgan fingerprint density at radius 3 is 1.24 bits per heavy atom. The van der Waals surface area contributed by atoms with E-state index in [1.807, 2.05) is 24.3 Å². The van der Waals surface area contributed by atoms with E-state index in [1.165, 1.54) is 0 Å². The number of carbonyl (C=O) groups excluding carboxylic acids is 2. The predicted molar refractivity (Wildman–Crippen MR) is 174 cm³/mol. The summed E-state index contributed by atoms with van der Waals surface area (Å²) in [6.45, 7) is 2.43. The highest BCUT2D eigenvalue weighted by Crippen LogP contribution is 2.28. The van der Waals surface area contributed by atoms with E-state index in [0.717, 1.165) is 0 Å². The van der Waals surface area contributed by atoms with Crippen LogP contribution < -0.4 is 29.6 Å². The molecule has 1 aliphatic heterocycles. The molecule has 46 heavy (non-hydrogen) atoms. The molecule has 0 saturated carbocycles. The SMILES string of the molecule is O=C1Nc2ccccc2OCCOCCOCCOc2ccccc2NC(=O)c2ccccc2OC/C=C/COc2ccccc21. The number of para-hydroxylation sites is 6. The van der Waals surface area contributed by atoms with Gasteiger partial charge in [-0.05, 0) is 60.7 Å². The molecule has 0 bridgehead atoms. The van der Waals surface area contributed by atoms with Crippen molar-refractivity contribution >= 4 is 23.2 Å². The third-order valence-electron chi connectivity index (χ3n) is 6.71. The van der Waals surface area contributed by atoms with E-state index in [1.54, 1.807) is 84.9 Å². The van der Waals surface area contributed by atoms with Gasteiger partial charge in [0.05, 0.1) is 48.9 Å². The Morgan fingerprint density at radius 2 is 0.783 bits per heavy atom. The van der Waals surface area contributed by atoms with Crippen LogP contribution in [-0.2, 0) is 9.47 Å². The molecule has 4 aromatic carbocycles. The van der Waals surface area contributed by atoms with Gasteiger partial charge in [-0.25, -0.2) is 0 Å². The van der Waals surface area contributed by atoms with E-state index in [4.69, 9.17) is 28.4 Å². The third-order valence-corrected chi connectivity index (χ3v) is 6.71. The number of amides is 2. The highest BCUT2D eigenvalue weighted by Gasteiger charge is 2.16. The van der Waals surface area contributed by atoms with E-state index in [-0.39, 0.29) is 25.0 Å². The van der Waals surface area contributed by atoms with Gasteiger partial charge in [-0.2, -0.15) is 0 Å². The van der Waals surface area contributed by atoms with Crippen molar-refractivity contribution in [3.05, 3.63) is 120 Å². The fourth-order valence-corrected chi connectivity index (χ4v) is 4.49. The van der Waals surface area contributed by atoms with Crippen molar-refractivity contribution in [1.82, 2.24) is 0 Å². The van der Waals surface area contributed by atoms with Gasteiger partial charge in [-0.15, -0.1) is 0 Å². The number of nitrogens with one attached hydrogen (secondary N) is 2. The average molecular weight is 625 g/mol. The molecule has 0 fully saturated rings. The molecule has 10 nitrogen and oxygen atoms in total. The normalized spacial score (nSPS) is 16.3. The predicted octanol–water partition coefficient (Wildman–Crippen LogP) is 6.01. The summed E-state index contributed by atoms with van der Waals surface area (Å²) >= 11 is 0. The number of hydrogen-bond acceptors (Lipinski definition) is 8. The third kappa shape index (κ3) is 9.34. The van der Waals surface area contributed by atoms with Gasteiger partial charge in [0, 0.05) is 0 Å². The van der Waals surface area contributed by atoms with E-state index >= 15 is 0 Å². The van der Waals surface area contributed by atoms with E-state index in [9.17, 15) is 9.59 Å². The molecule has 0 atom stereocenters. The first-order chi connectivity index (χ1) is 22.7. The fourth-order valence-electron chi connectivity index (χ4n) is 4.49. The van der Waals surface area contributed by atoms with Crippen molar-refractivity contribution in [2.45, 2.75) is 0 Å². The summed E-state index contributed by atoms with van der Waals surface area (Å²) in [5.74, 6) is 1.25. The molecule has 1 heterocycles. The minimum absolute atomic E-state index is 0.206. The zero-order valence-corrected chi connectivity index (χ0v) is 25.3. The van der Waals surface area contributed by atoms with Crippen LogP contribution in [0.4, 0.5) is 11.4 Å². The number of ether oxygens (including phenoxy) is 6. The molecule has 0 saturated heterocycles. The van der Waals surface area contributed by atoms with Crippen molar-refractivity contribution in [3.8, 4) is 23.0 Å². The zero-order valence-electron chi connectivity index (χ0n) is 25.3. The van der Waals surface area contributed by atoms with Gasteiger partial charge in [0.1, 0.15) is 49.4 Å². The summed E-state index contributed by atoms with van der Waals surface area (Å²) in [7, 11) is 0. The summed E-state index contributed by atoms with van der Waals surface area (Å²) in [5, 5.41) is 5.84. The zero-order chi connectivity index (χ0) is 31.8. The quantitative estimate of drug-likeness (QED) is 0.229. The standard InChI is InChI=1S/C36H36N2O8/c39-35-27-11-1-5-15-31(27)43-19-9-10-20-44-32-16-6-2-12-28(32)36(40)38-30-14-4-8-18-34(30)46-26-24-42-22-21-41-23-25-45-33-17-7-3-13-29(33)37-35/h1-18H,19-26H2,(H,37,39)(H,38,40)/b10-9+. The number of hydrogen-bond donors (Lipinski definition) is 2. The summed E-state index contributed by atoms with van der Waals surface area (Å²) in [5.41, 5.74) is 1.83. The number of benzene rings is 4. The van der Waals surface area contributed by atoms with Crippen molar-refractivity contribution < 1.29 is 38.0 Å². The highest BCUT2D eigenvalue weighted by molar-refractivity contribution is 6.07. The van der Waals surface area contributed by atoms with Gasteiger partial charge in [0.25, 0.3) is 11.8 Å². The van der Waals surface area contributed by atoms with Gasteiger partial charge in [0.15, 0.2) is 0 Å². The first-order valence-corrected chi connectivity index (χ1v) is 15.0. The lowest BCUT2D eigenvalue weighted by molar-refractivity contribution is 0.0275. The van der Waals surface area contributed by atoms with Crippen LogP contribution in [0, 0.1) is 0 Å². The maximum atomic E-state index is 13.2. The molecule has 0 radical (unpaired) electrons. The second kappa shape index (κ2) is 17.2. The summed E-state index contributed by atoms with van der Waals surface area (Å²) in [4.78, 5) is 26.4. The Balaban J connectivity index is 1.29. The second-order valence-electron chi connectivity index (χ2n) is 9.91. The molecule has 5 rings (SSSR count). The first kappa shape index (κ1) is 32.1. The molecule has 4 aromatic rings. The van der Waals surface area contributed by atoms with Crippen LogP contribution in [0.15, 0.2) is 109 Å². The van der Waals surface area contributed by atoms with Crippen LogP contribution in [0.1, 0.15) is 20.7 Å². The number of carbonyl (C=O) groups is 2. The van der Waals surface area contributed by atoms with Crippen LogP contribution in [0.25, 0.3) is 0 Å². The lowest BCUT2D eigenvalue weighted by atomic mass is 10.1. The van der Waals surface area contributed by atoms with Crippen LogP contribution >= 0.6 is 0 Å². The Hall–Kier alpha value is -5.32. The smallest absolute Gasteiger partial charge is 0.259 e. The molecule has 238 valence electrons. The molecule has 0 unspecified atom stereocenters. The van der Waals surface area contributed by atoms with Gasteiger partial charge >= 0.3 is 0 Å². The van der Waals surface area contributed by atoms with Crippen molar-refractivity contribution in [2.24, 2.45) is 0 Å². The minimum Gasteiger partial charge on any atom is -0.489 e. The molecule has 10 heteroatoms. The van der Waals surface area contributed by atoms with Gasteiger partial charge < -0.3 is 39.1 Å². The molecule has 0 spiro atoms. The first-order valence-electron chi connectivity index (χ1n) is 15.0. The summed E-state index contributed by atoms with van der Waals surface area (Å²) in [6.07, 6.45) is 3.57. The molecule has 1 aliphatic rings. The van der Waals surface area contributed by atoms with Gasteiger partial charge in [0.2, 0.25) is 0 Å². The number of fused-ring (bicyclic) bond motifs is 4. The Labute approximate surface area is 267 Å².